The molecule has 0 bridgehead atoms. The third-order valence-electron chi connectivity index (χ3n) is 14.2. The van der Waals surface area contributed by atoms with Gasteiger partial charge in [0.05, 0.1) is 31.8 Å². The van der Waals surface area contributed by atoms with Crippen LogP contribution in [0.3, 0.4) is 0 Å². The Labute approximate surface area is 396 Å². The van der Waals surface area contributed by atoms with Crippen LogP contribution in [-0.4, -0.2) is 108 Å². The largest absolute Gasteiger partial charge is 0.462 e. The molecule has 0 heterocycles. The number of hydrogen-bond donors (Lipinski definition) is 1. The van der Waals surface area contributed by atoms with E-state index >= 15 is 0 Å². The Bertz CT molecular complexity index is 1800. The first-order valence-electron chi connectivity index (χ1n) is 24.1. The van der Waals surface area contributed by atoms with E-state index < -0.39 is 108 Å². The quantitative estimate of drug-likeness (QED) is 0.112. The lowest BCUT2D eigenvalue weighted by molar-refractivity contribution is -0.219. The molecule has 11 atom stereocenters. The molecular weight excluding hydrogens is 873 g/mol. The first-order valence-corrected chi connectivity index (χ1v) is 24.1. The average Bonchev–Trinajstić information content (AvgIpc) is 3.56. The van der Waals surface area contributed by atoms with E-state index in [4.69, 9.17) is 37.9 Å². The highest BCUT2D eigenvalue weighted by molar-refractivity contribution is 5.81. The van der Waals surface area contributed by atoms with Crippen LogP contribution in [0.4, 0.5) is 0 Å². The number of aliphatic hydroxyl groups is 1. The summed E-state index contributed by atoms with van der Waals surface area (Å²) in [5.41, 5.74) is -3.10. The van der Waals surface area contributed by atoms with E-state index in [-0.39, 0.29) is 73.0 Å². The average molecular weight is 951 g/mol. The molecule has 17 heteroatoms. The Morgan fingerprint density at radius 3 is 1.48 bits per heavy atom. The van der Waals surface area contributed by atoms with Gasteiger partial charge in [-0.15, -0.1) is 0 Å². The van der Waals surface area contributed by atoms with Crippen LogP contribution in [0.15, 0.2) is 0 Å². The van der Waals surface area contributed by atoms with Crippen molar-refractivity contribution < 1.29 is 81.4 Å². The summed E-state index contributed by atoms with van der Waals surface area (Å²) in [6.07, 6.45) is 1.88. The second-order valence-electron chi connectivity index (χ2n) is 22.7. The van der Waals surface area contributed by atoms with Crippen molar-refractivity contribution in [2.45, 2.75) is 202 Å². The van der Waals surface area contributed by atoms with Crippen LogP contribution in [0.1, 0.15) is 167 Å². The fourth-order valence-corrected chi connectivity index (χ4v) is 11.5. The van der Waals surface area contributed by atoms with Crippen LogP contribution in [-0.2, 0) is 76.3 Å². The van der Waals surface area contributed by atoms with Crippen LogP contribution in [0.5, 0.6) is 0 Å². The molecule has 0 aromatic rings. The van der Waals surface area contributed by atoms with E-state index in [9.17, 15) is 43.5 Å². The number of esters is 8. The summed E-state index contributed by atoms with van der Waals surface area (Å²) in [6.45, 7) is 20.2. The molecule has 4 aliphatic rings. The maximum Gasteiger partial charge on any atom is 0.344 e. The Balaban J connectivity index is 1.46. The molecule has 0 saturated heterocycles. The van der Waals surface area contributed by atoms with Gasteiger partial charge in [-0.05, 0) is 154 Å². The van der Waals surface area contributed by atoms with Crippen molar-refractivity contribution >= 4 is 47.8 Å². The fourth-order valence-electron chi connectivity index (χ4n) is 11.5. The number of rotatable bonds is 18. The molecular formula is C50H78O17. The van der Waals surface area contributed by atoms with Gasteiger partial charge in [-0.3, -0.25) is 24.0 Å². The number of fused-ring (bicyclic) bond motifs is 5. The van der Waals surface area contributed by atoms with Crippen molar-refractivity contribution in [1.29, 1.82) is 0 Å². The highest BCUT2D eigenvalue weighted by Gasteiger charge is 2.66. The molecule has 4 saturated carbocycles. The summed E-state index contributed by atoms with van der Waals surface area (Å²) in [7, 11) is 0. The number of aliphatic hydroxyl groups excluding tert-OH is 1. The minimum atomic E-state index is -0.760. The molecule has 380 valence electrons. The minimum absolute atomic E-state index is 0.00634. The van der Waals surface area contributed by atoms with Gasteiger partial charge >= 0.3 is 47.8 Å². The van der Waals surface area contributed by atoms with Gasteiger partial charge in [-0.1, -0.05) is 20.8 Å². The van der Waals surface area contributed by atoms with Gasteiger partial charge in [0.2, 0.25) is 0 Å². The second kappa shape index (κ2) is 22.4. The predicted octanol–water partition coefficient (Wildman–Crippen LogP) is 6.68. The van der Waals surface area contributed by atoms with Gasteiger partial charge < -0.3 is 43.0 Å². The normalized spacial score (nSPS) is 29.6. The van der Waals surface area contributed by atoms with E-state index in [1.807, 2.05) is 0 Å². The van der Waals surface area contributed by atoms with Crippen molar-refractivity contribution in [3.63, 3.8) is 0 Å². The molecule has 0 spiro atoms. The Morgan fingerprint density at radius 1 is 0.552 bits per heavy atom. The zero-order chi connectivity index (χ0) is 50.3. The molecule has 11 unspecified atom stereocenters. The summed E-state index contributed by atoms with van der Waals surface area (Å²) >= 11 is 0. The molecule has 1 N–H and O–H groups in total. The zero-order valence-corrected chi connectivity index (χ0v) is 42.0. The molecule has 17 nitrogen and oxygen atoms in total. The fraction of sp³-hybridized carbons (Fsp3) is 0.840. The molecule has 0 aromatic heterocycles. The summed E-state index contributed by atoms with van der Waals surface area (Å²) in [5.74, 6) is -5.49. The molecule has 0 aromatic carbocycles. The van der Waals surface area contributed by atoms with Gasteiger partial charge in [-0.25, -0.2) is 14.4 Å². The first kappa shape index (κ1) is 55.3. The van der Waals surface area contributed by atoms with E-state index in [1.54, 1.807) is 62.3 Å². The van der Waals surface area contributed by atoms with E-state index in [0.29, 0.717) is 38.5 Å². The lowest BCUT2D eigenvalue weighted by Crippen LogP contribution is -2.63. The molecule has 0 aliphatic heterocycles. The van der Waals surface area contributed by atoms with E-state index in [0.717, 1.165) is 12.8 Å². The lowest BCUT2D eigenvalue weighted by Gasteiger charge is -2.64. The molecule has 0 amide bonds. The summed E-state index contributed by atoms with van der Waals surface area (Å²) in [5, 5.41) is 12.3. The maximum atomic E-state index is 13.7. The van der Waals surface area contributed by atoms with Crippen molar-refractivity contribution in [1.82, 2.24) is 0 Å². The standard InChI is InChI=1S/C50H78O17/c1-29(13-16-37(52)60-26-42(57)65-46(2,3)4)32-14-15-33-45-34(25-36(51)50(32,33)12)49(11)22-21-31(63-40(55)19-17-38(53)61-27-43(58)66-47(5,6)7)23-30(49)24-35(45)64-41(56)20-18-39(54)62-28-44(59)67-48(8,9)10/h29-36,45,51H,13-28H2,1-12H3. The smallest absolute Gasteiger partial charge is 0.344 e. The maximum absolute atomic E-state index is 13.7. The van der Waals surface area contributed by atoms with Crippen molar-refractivity contribution in [2.75, 3.05) is 19.8 Å². The monoisotopic (exact) mass is 951 g/mol. The van der Waals surface area contributed by atoms with Crippen molar-refractivity contribution in [3.8, 4) is 0 Å². The number of carbonyl (C=O) groups excluding carboxylic acids is 8. The Morgan fingerprint density at radius 2 is 1.00 bits per heavy atom. The van der Waals surface area contributed by atoms with Gasteiger partial charge in [0, 0.05) is 12.3 Å². The van der Waals surface area contributed by atoms with E-state index in [1.165, 1.54) is 0 Å². The van der Waals surface area contributed by atoms with Crippen LogP contribution in [0, 0.1) is 46.3 Å². The summed E-state index contributed by atoms with van der Waals surface area (Å²) < 4.78 is 43.2. The number of carbonyl (C=O) groups is 8. The van der Waals surface area contributed by atoms with Gasteiger partial charge in [-0.2, -0.15) is 0 Å². The Hall–Kier alpha value is -4.28. The molecule has 4 rings (SSSR count). The summed E-state index contributed by atoms with van der Waals surface area (Å²) in [6, 6.07) is 0. The highest BCUT2D eigenvalue weighted by atomic mass is 16.6. The van der Waals surface area contributed by atoms with Crippen molar-refractivity contribution in [3.05, 3.63) is 0 Å². The molecule has 67 heavy (non-hydrogen) atoms. The van der Waals surface area contributed by atoms with Gasteiger partial charge in [0.1, 0.15) is 29.0 Å². The SMILES string of the molecule is CC(CCC(=O)OCC(=O)OC(C)(C)C)C1CCC2C3C(OC(=O)CCC(=O)OCC(=O)OC(C)(C)C)CC4CC(OC(=O)CCC(=O)OCC(=O)OC(C)(C)C)CCC4(C)C3CC(O)C12C. The van der Waals surface area contributed by atoms with E-state index in [2.05, 4.69) is 20.8 Å². The molecule has 4 aliphatic carbocycles. The predicted molar refractivity (Wildman–Crippen MR) is 239 cm³/mol. The lowest BCUT2D eigenvalue weighted by atomic mass is 9.43. The Kier molecular flexibility index (Phi) is 18.5. The van der Waals surface area contributed by atoms with Crippen LogP contribution < -0.4 is 0 Å². The summed E-state index contributed by atoms with van der Waals surface area (Å²) in [4.78, 5) is 101. The zero-order valence-electron chi connectivity index (χ0n) is 42.0. The third-order valence-corrected chi connectivity index (χ3v) is 14.2. The minimum Gasteiger partial charge on any atom is -0.462 e. The second-order valence-corrected chi connectivity index (χ2v) is 22.7. The third kappa shape index (κ3) is 15.9. The topological polar surface area (TPSA) is 231 Å². The number of ether oxygens (including phenoxy) is 8. The van der Waals surface area contributed by atoms with Crippen LogP contribution >= 0.6 is 0 Å². The first-order chi connectivity index (χ1) is 30.9. The number of hydrogen-bond acceptors (Lipinski definition) is 17. The van der Waals surface area contributed by atoms with Crippen LogP contribution in [0.2, 0.25) is 0 Å². The molecule has 4 fully saturated rings. The van der Waals surface area contributed by atoms with Gasteiger partial charge in [0.15, 0.2) is 19.8 Å². The van der Waals surface area contributed by atoms with Gasteiger partial charge in [0.25, 0.3) is 0 Å². The highest BCUT2D eigenvalue weighted by Crippen LogP contribution is 2.69. The van der Waals surface area contributed by atoms with Crippen LogP contribution in [0.25, 0.3) is 0 Å². The molecule has 0 radical (unpaired) electrons. The van der Waals surface area contributed by atoms with Crippen molar-refractivity contribution in [2.24, 2.45) is 46.3 Å².